The minimum absolute atomic E-state index is 0.0698. The molecule has 0 bridgehead atoms. The van der Waals surface area contributed by atoms with E-state index in [1.54, 1.807) is 21.1 Å². The lowest BCUT2D eigenvalue weighted by Gasteiger charge is -2.33. The number of anilines is 1. The fourth-order valence-electron chi connectivity index (χ4n) is 5.05. The average molecular weight is 611 g/mol. The fourth-order valence-corrected chi connectivity index (χ4v) is 5.98. The van der Waals surface area contributed by atoms with Crippen LogP contribution >= 0.6 is 11.3 Å². The number of ether oxygens (including phenoxy) is 2. The number of hydrogen-bond donors (Lipinski definition) is 2. The molecule has 0 aliphatic carbocycles. The van der Waals surface area contributed by atoms with Crippen molar-refractivity contribution in [2.75, 3.05) is 44.6 Å². The van der Waals surface area contributed by atoms with Crippen LogP contribution in [0.4, 0.5) is 14.6 Å². The van der Waals surface area contributed by atoms with Gasteiger partial charge in [-0.3, -0.25) is 4.79 Å². The Morgan fingerprint density at radius 1 is 0.837 bits per heavy atom. The standard InChI is InChI=1S/C33H46N4O5S/c1-32(2,3)41-30(39)36-17-13-23(14-18-36)21-34-22-28(38)35-29-12-11-27(43-29)26-9-7-24(8-10-26)25-15-19-37(20-16-25)31(40)42-33(4,5)6/h7-12,15,23,34H,13-14,16-22H2,1-6H3,(H,35,38). The molecule has 234 valence electrons. The quantitative estimate of drug-likeness (QED) is 0.366. The van der Waals surface area contributed by atoms with E-state index in [-0.39, 0.29) is 24.6 Å². The van der Waals surface area contributed by atoms with Crippen molar-refractivity contribution in [2.45, 2.75) is 72.0 Å². The van der Waals surface area contributed by atoms with Crippen molar-refractivity contribution in [3.63, 3.8) is 0 Å². The molecule has 3 heterocycles. The summed E-state index contributed by atoms with van der Waals surface area (Å²) in [6.07, 6.45) is 4.15. The summed E-state index contributed by atoms with van der Waals surface area (Å²) in [5.74, 6) is 0.357. The number of likely N-dealkylation sites (tertiary alicyclic amines) is 1. The minimum Gasteiger partial charge on any atom is -0.444 e. The Labute approximate surface area is 259 Å². The van der Waals surface area contributed by atoms with Crippen LogP contribution in [0, 0.1) is 5.92 Å². The average Bonchev–Trinajstić information content (AvgIpc) is 3.40. The number of nitrogens with zero attached hydrogens (tertiary/aromatic N) is 2. The van der Waals surface area contributed by atoms with E-state index in [4.69, 9.17) is 9.47 Å². The Morgan fingerprint density at radius 3 is 2.02 bits per heavy atom. The Kier molecular flexibility index (Phi) is 10.6. The molecule has 0 spiro atoms. The first-order chi connectivity index (χ1) is 20.3. The number of hydrogen-bond acceptors (Lipinski definition) is 7. The SMILES string of the molecule is CC(C)(C)OC(=O)N1CC=C(c2ccc(-c3ccc(NC(=O)CNCC4CCN(C(=O)OC(C)(C)C)CC4)s3)cc2)CC1. The molecule has 1 aromatic heterocycles. The van der Waals surface area contributed by atoms with Crippen LogP contribution in [0.2, 0.25) is 0 Å². The molecular weight excluding hydrogens is 564 g/mol. The number of carbonyl (C=O) groups is 3. The zero-order valence-corrected chi connectivity index (χ0v) is 27.1. The summed E-state index contributed by atoms with van der Waals surface area (Å²) in [6, 6.07) is 12.4. The van der Waals surface area contributed by atoms with Crippen LogP contribution in [0.3, 0.4) is 0 Å². The molecule has 0 radical (unpaired) electrons. The van der Waals surface area contributed by atoms with Crippen LogP contribution in [-0.2, 0) is 14.3 Å². The van der Waals surface area contributed by atoms with E-state index in [2.05, 4.69) is 41.0 Å². The van der Waals surface area contributed by atoms with E-state index in [9.17, 15) is 14.4 Å². The Balaban J connectivity index is 1.19. The van der Waals surface area contributed by atoms with Gasteiger partial charge < -0.3 is 29.9 Å². The largest absolute Gasteiger partial charge is 0.444 e. The Bertz CT molecular complexity index is 1300. The fraction of sp³-hybridized carbons (Fsp3) is 0.545. The zero-order chi connectivity index (χ0) is 31.2. The lowest BCUT2D eigenvalue weighted by atomic mass is 9.97. The second-order valence-electron chi connectivity index (χ2n) is 13.2. The van der Waals surface area contributed by atoms with Gasteiger partial charge in [0.15, 0.2) is 0 Å². The number of thiophene rings is 1. The predicted octanol–water partition coefficient (Wildman–Crippen LogP) is 6.61. The van der Waals surface area contributed by atoms with E-state index in [0.717, 1.165) is 46.8 Å². The molecule has 9 nitrogen and oxygen atoms in total. The van der Waals surface area contributed by atoms with Crippen molar-refractivity contribution in [1.82, 2.24) is 15.1 Å². The summed E-state index contributed by atoms with van der Waals surface area (Å²) in [6.45, 7) is 14.8. The summed E-state index contributed by atoms with van der Waals surface area (Å²) in [4.78, 5) is 41.7. The van der Waals surface area contributed by atoms with Gasteiger partial charge in [-0.2, -0.15) is 0 Å². The van der Waals surface area contributed by atoms with Crippen LogP contribution in [-0.4, -0.2) is 78.4 Å². The van der Waals surface area contributed by atoms with Crippen LogP contribution in [0.15, 0.2) is 42.5 Å². The molecule has 4 rings (SSSR count). The summed E-state index contributed by atoms with van der Waals surface area (Å²) >= 11 is 1.55. The summed E-state index contributed by atoms with van der Waals surface area (Å²) in [7, 11) is 0. The topological polar surface area (TPSA) is 100 Å². The van der Waals surface area contributed by atoms with Crippen molar-refractivity contribution in [3.05, 3.63) is 48.0 Å². The van der Waals surface area contributed by atoms with Crippen LogP contribution < -0.4 is 10.6 Å². The summed E-state index contributed by atoms with van der Waals surface area (Å²) in [5, 5.41) is 7.09. The van der Waals surface area contributed by atoms with Gasteiger partial charge in [0.2, 0.25) is 5.91 Å². The molecule has 1 saturated heterocycles. The van der Waals surface area contributed by atoms with Crippen LogP contribution in [0.5, 0.6) is 0 Å². The van der Waals surface area contributed by atoms with Gasteiger partial charge in [-0.15, -0.1) is 11.3 Å². The maximum absolute atomic E-state index is 12.6. The van der Waals surface area contributed by atoms with E-state index in [1.807, 2.05) is 53.7 Å². The highest BCUT2D eigenvalue weighted by atomic mass is 32.1. The first kappa shape index (κ1) is 32.5. The maximum Gasteiger partial charge on any atom is 0.410 e. The van der Waals surface area contributed by atoms with Gasteiger partial charge in [0.25, 0.3) is 0 Å². The number of amides is 3. The molecule has 0 atom stereocenters. The molecule has 2 aromatic rings. The van der Waals surface area contributed by atoms with Crippen molar-refractivity contribution in [1.29, 1.82) is 0 Å². The molecule has 2 aliphatic rings. The van der Waals surface area contributed by atoms with Crippen LogP contribution in [0.25, 0.3) is 16.0 Å². The van der Waals surface area contributed by atoms with Gasteiger partial charge in [-0.05, 0) is 102 Å². The molecule has 2 N–H and O–H groups in total. The maximum atomic E-state index is 12.6. The molecule has 2 aliphatic heterocycles. The highest BCUT2D eigenvalue weighted by Crippen LogP contribution is 2.33. The van der Waals surface area contributed by atoms with E-state index < -0.39 is 11.2 Å². The Hall–Kier alpha value is -3.37. The van der Waals surface area contributed by atoms with Crippen molar-refractivity contribution < 1.29 is 23.9 Å². The highest BCUT2D eigenvalue weighted by molar-refractivity contribution is 7.19. The summed E-state index contributed by atoms with van der Waals surface area (Å²) < 4.78 is 11.0. The Morgan fingerprint density at radius 2 is 1.44 bits per heavy atom. The van der Waals surface area contributed by atoms with Gasteiger partial charge in [-0.1, -0.05) is 30.3 Å². The zero-order valence-electron chi connectivity index (χ0n) is 26.3. The second kappa shape index (κ2) is 13.9. The van der Waals surface area contributed by atoms with Crippen molar-refractivity contribution in [2.24, 2.45) is 5.92 Å². The van der Waals surface area contributed by atoms with Crippen molar-refractivity contribution >= 4 is 40.0 Å². The molecule has 10 heteroatoms. The predicted molar refractivity (Wildman–Crippen MR) is 172 cm³/mol. The number of rotatable bonds is 7. The minimum atomic E-state index is -0.497. The number of benzene rings is 1. The molecule has 3 amide bonds. The second-order valence-corrected chi connectivity index (χ2v) is 14.3. The van der Waals surface area contributed by atoms with Gasteiger partial charge in [0, 0.05) is 31.1 Å². The number of carbonyl (C=O) groups excluding carboxylic acids is 3. The lowest BCUT2D eigenvalue weighted by molar-refractivity contribution is -0.115. The summed E-state index contributed by atoms with van der Waals surface area (Å²) in [5.41, 5.74) is 2.49. The van der Waals surface area contributed by atoms with E-state index >= 15 is 0 Å². The van der Waals surface area contributed by atoms with Gasteiger partial charge in [0.05, 0.1) is 11.5 Å². The van der Waals surface area contributed by atoms with Crippen molar-refractivity contribution in [3.8, 4) is 10.4 Å². The first-order valence-corrected chi connectivity index (χ1v) is 15.9. The molecule has 0 saturated carbocycles. The monoisotopic (exact) mass is 610 g/mol. The molecule has 1 fully saturated rings. The van der Waals surface area contributed by atoms with Gasteiger partial charge in [0.1, 0.15) is 11.2 Å². The smallest absolute Gasteiger partial charge is 0.410 e. The van der Waals surface area contributed by atoms with Gasteiger partial charge >= 0.3 is 12.2 Å². The van der Waals surface area contributed by atoms with E-state index in [1.165, 1.54) is 5.57 Å². The highest BCUT2D eigenvalue weighted by Gasteiger charge is 2.27. The third-order valence-corrected chi connectivity index (χ3v) is 8.30. The third kappa shape index (κ3) is 10.1. The van der Waals surface area contributed by atoms with Crippen LogP contribution in [0.1, 0.15) is 66.4 Å². The van der Waals surface area contributed by atoms with E-state index in [0.29, 0.717) is 32.1 Å². The number of nitrogens with one attached hydrogen (secondary N) is 2. The molecular formula is C33H46N4O5S. The third-order valence-electron chi connectivity index (χ3n) is 7.25. The normalized spacial score (nSPS) is 16.5. The molecule has 1 aromatic carbocycles. The number of piperidine rings is 1. The lowest BCUT2D eigenvalue weighted by Crippen LogP contribution is -2.43. The molecule has 0 unspecified atom stereocenters. The van der Waals surface area contributed by atoms with Gasteiger partial charge in [-0.25, -0.2) is 9.59 Å². The molecule has 43 heavy (non-hydrogen) atoms. The first-order valence-electron chi connectivity index (χ1n) is 15.1.